The van der Waals surface area contributed by atoms with E-state index in [0.717, 1.165) is 32.1 Å². The van der Waals surface area contributed by atoms with Gasteiger partial charge in [0.25, 0.3) is 0 Å². The highest BCUT2D eigenvalue weighted by atomic mass is 31.2. The zero-order valence-corrected chi connectivity index (χ0v) is 23.7. The van der Waals surface area contributed by atoms with Crippen molar-refractivity contribution in [2.45, 2.75) is 127 Å². The predicted octanol–water partition coefficient (Wildman–Crippen LogP) is 8.53. The third-order valence-corrected chi connectivity index (χ3v) is 6.83. The molecule has 0 saturated carbocycles. The average Bonchev–Trinajstić information content (AvgIpc) is 2.60. The van der Waals surface area contributed by atoms with Gasteiger partial charge in [-0.15, -0.1) is 0 Å². The molecule has 32 heavy (non-hydrogen) atoms. The Bertz CT molecular complexity index is 513. The Morgan fingerprint density at radius 1 is 0.875 bits per heavy atom. The normalized spacial score (nSPS) is 17.7. The second kappa shape index (κ2) is 15.9. The Kier molecular flexibility index (Phi) is 15.9. The summed E-state index contributed by atoms with van der Waals surface area (Å²) >= 11 is 0. The van der Waals surface area contributed by atoms with Crippen molar-refractivity contribution in [1.29, 1.82) is 0 Å². The van der Waals surface area contributed by atoms with E-state index in [1.165, 1.54) is 32.1 Å². The molecule has 2 N–H and O–H groups in total. The maximum atomic E-state index is 12.4. The lowest BCUT2D eigenvalue weighted by atomic mass is 9.76. The Morgan fingerprint density at radius 2 is 1.44 bits per heavy atom. The first kappa shape index (κ1) is 32.1. The molecule has 0 amide bonds. The molecule has 194 valence electrons. The van der Waals surface area contributed by atoms with Gasteiger partial charge in [-0.2, -0.15) is 10.1 Å². The summed E-state index contributed by atoms with van der Waals surface area (Å²) in [5, 5.41) is 0. The highest BCUT2D eigenvalue weighted by Gasteiger charge is 2.29. The molecule has 0 aliphatic rings. The molecule has 0 aliphatic carbocycles. The maximum absolute atomic E-state index is 12.4. The van der Waals surface area contributed by atoms with Crippen molar-refractivity contribution in [1.82, 2.24) is 5.48 Å². The van der Waals surface area contributed by atoms with E-state index in [2.05, 4.69) is 67.8 Å². The van der Waals surface area contributed by atoms with Gasteiger partial charge in [-0.25, -0.2) is 4.57 Å². The van der Waals surface area contributed by atoms with E-state index in [4.69, 9.17) is 9.15 Å². The van der Waals surface area contributed by atoms with Crippen molar-refractivity contribution in [2.24, 2.45) is 28.6 Å². The summed E-state index contributed by atoms with van der Waals surface area (Å²) in [7, 11) is -4.10. The zero-order chi connectivity index (χ0) is 24.8. The fraction of sp³-hybridized carbons (Fsp3) is 1.00. The van der Waals surface area contributed by atoms with Gasteiger partial charge in [0.05, 0.1) is 6.61 Å². The molecule has 0 aliphatic heterocycles. The summed E-state index contributed by atoms with van der Waals surface area (Å²) in [5.41, 5.74) is 3.18. The Labute approximate surface area is 200 Å². The molecule has 4 unspecified atom stereocenters. The van der Waals surface area contributed by atoms with Gasteiger partial charge in [-0.05, 0) is 54.3 Å². The van der Waals surface area contributed by atoms with E-state index in [1.807, 2.05) is 0 Å². The van der Waals surface area contributed by atoms with Crippen LogP contribution in [0.2, 0.25) is 0 Å². The van der Waals surface area contributed by atoms with Crippen molar-refractivity contribution >= 4 is 7.82 Å². The van der Waals surface area contributed by atoms with E-state index in [-0.39, 0.29) is 17.9 Å². The predicted molar refractivity (Wildman–Crippen MR) is 137 cm³/mol. The van der Waals surface area contributed by atoms with Crippen molar-refractivity contribution in [3.63, 3.8) is 0 Å². The summed E-state index contributed by atoms with van der Waals surface area (Å²) in [5.74, 6) is 1.27. The van der Waals surface area contributed by atoms with Gasteiger partial charge >= 0.3 is 7.82 Å². The molecule has 0 rings (SSSR count). The zero-order valence-electron chi connectivity index (χ0n) is 22.8. The van der Waals surface area contributed by atoms with Crippen LogP contribution in [0.3, 0.4) is 0 Å². The van der Waals surface area contributed by atoms with Crippen LogP contribution in [0.25, 0.3) is 0 Å². The molecule has 0 spiro atoms. The number of phosphoric acid groups is 1. The average molecular weight is 478 g/mol. The van der Waals surface area contributed by atoms with E-state index >= 15 is 0 Å². The van der Waals surface area contributed by atoms with Gasteiger partial charge < -0.3 is 4.89 Å². The van der Waals surface area contributed by atoms with Crippen molar-refractivity contribution in [2.75, 3.05) is 13.2 Å². The van der Waals surface area contributed by atoms with Crippen LogP contribution in [0.15, 0.2) is 0 Å². The minimum atomic E-state index is -4.10. The number of nitrogens with one attached hydrogen (secondary N) is 1. The first-order valence-corrected chi connectivity index (χ1v) is 14.5. The fourth-order valence-corrected chi connectivity index (χ4v) is 5.32. The third kappa shape index (κ3) is 19.5. The molecular weight excluding hydrogens is 421 g/mol. The van der Waals surface area contributed by atoms with Crippen LogP contribution >= 0.6 is 7.82 Å². The molecule has 0 aromatic carbocycles. The van der Waals surface area contributed by atoms with Gasteiger partial charge in [0.2, 0.25) is 0 Å². The lowest BCUT2D eigenvalue weighted by molar-refractivity contribution is 0.0701. The van der Waals surface area contributed by atoms with Crippen LogP contribution in [0.4, 0.5) is 0 Å². The van der Waals surface area contributed by atoms with Crippen LogP contribution in [0.1, 0.15) is 127 Å². The Hall–Kier alpha value is 0.0700. The summed E-state index contributed by atoms with van der Waals surface area (Å²) in [4.78, 5) is 10.1. The number of hydroxylamine groups is 1. The molecule has 0 fully saturated rings. The number of unbranched alkanes of at least 4 members (excludes halogenated alkanes) is 5. The maximum Gasteiger partial charge on any atom is 0.488 e. The topological polar surface area (TPSA) is 67.8 Å². The molecule has 5 nitrogen and oxygen atoms in total. The second-order valence-corrected chi connectivity index (χ2v) is 13.8. The first-order chi connectivity index (χ1) is 14.7. The Balaban J connectivity index is 4.57. The molecule has 0 aromatic rings. The molecule has 0 saturated heterocycles. The van der Waals surface area contributed by atoms with Gasteiger partial charge in [0, 0.05) is 6.54 Å². The quantitative estimate of drug-likeness (QED) is 0.118. The summed E-state index contributed by atoms with van der Waals surface area (Å²) in [6.07, 6.45) is 11.3. The summed E-state index contributed by atoms with van der Waals surface area (Å²) < 4.78 is 22.8. The van der Waals surface area contributed by atoms with Gasteiger partial charge in [0.15, 0.2) is 0 Å². The number of phosphoric ester groups is 1. The number of rotatable bonds is 18. The van der Waals surface area contributed by atoms with Crippen LogP contribution in [-0.2, 0) is 13.7 Å². The first-order valence-electron chi connectivity index (χ1n) is 13.0. The van der Waals surface area contributed by atoms with Crippen LogP contribution in [0.5, 0.6) is 0 Å². The monoisotopic (exact) mass is 477 g/mol. The van der Waals surface area contributed by atoms with Crippen molar-refractivity contribution in [3.05, 3.63) is 0 Å². The highest BCUT2D eigenvalue weighted by Crippen LogP contribution is 2.44. The van der Waals surface area contributed by atoms with E-state index in [9.17, 15) is 9.46 Å². The van der Waals surface area contributed by atoms with E-state index in [1.54, 1.807) is 0 Å². The molecular formula is C26H56NO4P. The van der Waals surface area contributed by atoms with Crippen molar-refractivity contribution in [3.8, 4) is 0 Å². The molecule has 0 aromatic heterocycles. The number of hydrogen-bond acceptors (Lipinski definition) is 4. The minimum absolute atomic E-state index is 0.215. The van der Waals surface area contributed by atoms with Crippen molar-refractivity contribution < 1.29 is 18.6 Å². The lowest BCUT2D eigenvalue weighted by Gasteiger charge is -2.31. The van der Waals surface area contributed by atoms with E-state index in [0.29, 0.717) is 23.8 Å². The second-order valence-electron chi connectivity index (χ2n) is 12.5. The standard InChI is InChI=1S/C26H56NO4P/c1-10-11-12-13-14-15-18-27-31-32(28,29)30-21-24(23(3)20-26(7,8)9)17-16-22(2)19-25(4,5)6/h22-24,27H,10-21H2,1-9H3,(H,28,29). The largest absolute Gasteiger partial charge is 0.488 e. The van der Waals surface area contributed by atoms with Gasteiger partial charge in [0.1, 0.15) is 0 Å². The summed E-state index contributed by atoms with van der Waals surface area (Å²) in [6, 6.07) is 0. The van der Waals surface area contributed by atoms with Crippen LogP contribution < -0.4 is 5.48 Å². The fourth-order valence-electron chi connectivity index (χ4n) is 4.63. The number of hydrogen-bond donors (Lipinski definition) is 2. The van der Waals surface area contributed by atoms with Crippen LogP contribution in [-0.4, -0.2) is 18.0 Å². The van der Waals surface area contributed by atoms with Gasteiger partial charge in [-0.1, -0.05) is 101 Å². The SMILES string of the molecule is CCCCCCCCNOP(=O)(O)OCC(CCC(C)CC(C)(C)C)C(C)CC(C)(C)C. The molecule has 6 heteroatoms. The molecule has 0 radical (unpaired) electrons. The minimum Gasteiger partial charge on any atom is -0.301 e. The van der Waals surface area contributed by atoms with E-state index < -0.39 is 7.82 Å². The lowest BCUT2D eigenvalue weighted by Crippen LogP contribution is -2.24. The van der Waals surface area contributed by atoms with Crippen LogP contribution in [0, 0.1) is 28.6 Å². The van der Waals surface area contributed by atoms with Gasteiger partial charge in [-0.3, -0.25) is 4.52 Å². The Morgan fingerprint density at radius 3 is 2.00 bits per heavy atom. The molecule has 4 atom stereocenters. The smallest absolute Gasteiger partial charge is 0.301 e. The molecule has 0 heterocycles. The third-order valence-electron chi connectivity index (χ3n) is 5.99. The molecule has 0 bridgehead atoms. The summed E-state index contributed by atoms with van der Waals surface area (Å²) in [6.45, 7) is 21.2. The highest BCUT2D eigenvalue weighted by molar-refractivity contribution is 7.47.